The molecule has 2 aromatic carbocycles. The van der Waals surface area contributed by atoms with Crippen LogP contribution in [0.1, 0.15) is 33.4 Å². The van der Waals surface area contributed by atoms with Gasteiger partial charge in [-0.3, -0.25) is 14.5 Å². The van der Waals surface area contributed by atoms with E-state index in [2.05, 4.69) is 20.9 Å². The van der Waals surface area contributed by atoms with Gasteiger partial charge in [0.15, 0.2) is 5.43 Å². The molecule has 0 bridgehead atoms. The highest BCUT2D eigenvalue weighted by molar-refractivity contribution is 9.10. The maximum absolute atomic E-state index is 13.5. The van der Waals surface area contributed by atoms with Crippen LogP contribution in [0.15, 0.2) is 74.3 Å². The van der Waals surface area contributed by atoms with E-state index in [1.807, 2.05) is 43.3 Å². The third kappa shape index (κ3) is 2.95. The number of nitrogens with zero attached hydrogens (tertiary/aromatic N) is 2. The average Bonchev–Trinajstić information content (AvgIpc) is 3.02. The fraction of sp³-hybridized carbons (Fsp3) is 0.0870. The smallest absolute Gasteiger partial charge is 0.296 e. The Hall–Kier alpha value is -2.96. The average molecular weight is 482 g/mol. The molecule has 3 heterocycles. The highest BCUT2D eigenvalue weighted by Gasteiger charge is 2.44. The molecule has 148 valence electrons. The molecule has 5 nitrogen and oxygen atoms in total. The first-order valence-electron chi connectivity index (χ1n) is 9.23. The minimum absolute atomic E-state index is 0.0334. The van der Waals surface area contributed by atoms with Crippen LogP contribution in [0.2, 0.25) is 5.02 Å². The standard InChI is InChI=1S/C23H14BrClN2O3/c1-12-3-2-4-18(26-12)27-20(13-5-7-14(24)8-6-13)19-21(28)16-11-15(25)9-10-17(16)30-22(19)23(27)29/h2-11,20H,1H3/t20-/m0/s1. The molecular formula is C23H14BrClN2O3. The summed E-state index contributed by atoms with van der Waals surface area (Å²) in [7, 11) is 0. The third-order valence-electron chi connectivity index (χ3n) is 5.14. The summed E-state index contributed by atoms with van der Waals surface area (Å²) in [5.41, 5.74) is 1.89. The molecule has 1 atom stereocenters. The van der Waals surface area contributed by atoms with Crippen molar-refractivity contribution in [3.8, 4) is 0 Å². The van der Waals surface area contributed by atoms with Gasteiger partial charge in [-0.25, -0.2) is 4.98 Å². The van der Waals surface area contributed by atoms with Crippen molar-refractivity contribution in [1.29, 1.82) is 0 Å². The second kappa shape index (κ2) is 7.07. The van der Waals surface area contributed by atoms with Gasteiger partial charge in [0.1, 0.15) is 11.4 Å². The molecule has 2 aromatic heterocycles. The summed E-state index contributed by atoms with van der Waals surface area (Å²) < 4.78 is 6.82. The number of benzene rings is 2. The normalized spacial score (nSPS) is 15.6. The maximum Gasteiger partial charge on any atom is 0.296 e. The van der Waals surface area contributed by atoms with Crippen molar-refractivity contribution in [3.63, 3.8) is 0 Å². The summed E-state index contributed by atoms with van der Waals surface area (Å²) in [4.78, 5) is 33.0. The molecule has 0 aliphatic carbocycles. The lowest BCUT2D eigenvalue weighted by Gasteiger charge is -2.24. The van der Waals surface area contributed by atoms with Crippen LogP contribution in [0, 0.1) is 6.92 Å². The van der Waals surface area contributed by atoms with Gasteiger partial charge in [-0.05, 0) is 55.0 Å². The maximum atomic E-state index is 13.5. The van der Waals surface area contributed by atoms with Gasteiger partial charge in [0, 0.05) is 15.2 Å². The van der Waals surface area contributed by atoms with Crippen LogP contribution < -0.4 is 10.3 Å². The van der Waals surface area contributed by atoms with Gasteiger partial charge < -0.3 is 4.42 Å². The van der Waals surface area contributed by atoms with Gasteiger partial charge >= 0.3 is 0 Å². The number of rotatable bonds is 2. The summed E-state index contributed by atoms with van der Waals surface area (Å²) in [5.74, 6) is 0.0943. The molecule has 1 amide bonds. The van der Waals surface area contributed by atoms with Crippen molar-refractivity contribution >= 4 is 50.2 Å². The lowest BCUT2D eigenvalue weighted by atomic mass is 9.98. The number of carbonyl (C=O) groups excluding carboxylic acids is 1. The number of carbonyl (C=O) groups is 1. The third-order valence-corrected chi connectivity index (χ3v) is 5.90. The number of aromatic nitrogens is 1. The molecule has 0 spiro atoms. The quantitative estimate of drug-likeness (QED) is 0.370. The molecule has 0 unspecified atom stereocenters. The number of hydrogen-bond donors (Lipinski definition) is 0. The lowest BCUT2D eigenvalue weighted by Crippen LogP contribution is -2.30. The first kappa shape index (κ1) is 19.0. The van der Waals surface area contributed by atoms with Crippen LogP contribution in [-0.2, 0) is 0 Å². The van der Waals surface area contributed by atoms with Gasteiger partial charge in [-0.15, -0.1) is 0 Å². The summed E-state index contributed by atoms with van der Waals surface area (Å²) in [6.07, 6.45) is 0. The highest BCUT2D eigenvalue weighted by Crippen LogP contribution is 2.41. The fourth-order valence-corrected chi connectivity index (χ4v) is 4.24. The lowest BCUT2D eigenvalue weighted by molar-refractivity contribution is 0.0970. The molecule has 1 aliphatic rings. The minimum Gasteiger partial charge on any atom is -0.450 e. The summed E-state index contributed by atoms with van der Waals surface area (Å²) >= 11 is 9.54. The van der Waals surface area contributed by atoms with Gasteiger partial charge in [0.25, 0.3) is 5.91 Å². The van der Waals surface area contributed by atoms with E-state index in [9.17, 15) is 9.59 Å². The van der Waals surface area contributed by atoms with E-state index >= 15 is 0 Å². The van der Waals surface area contributed by atoms with Gasteiger partial charge in [0.2, 0.25) is 5.76 Å². The molecular weight excluding hydrogens is 468 g/mol. The van der Waals surface area contributed by atoms with Crippen LogP contribution >= 0.6 is 27.5 Å². The van der Waals surface area contributed by atoms with E-state index in [0.717, 1.165) is 15.7 Å². The molecule has 0 saturated heterocycles. The van der Waals surface area contributed by atoms with E-state index in [1.54, 1.807) is 24.3 Å². The molecule has 1 aliphatic heterocycles. The predicted molar refractivity (Wildman–Crippen MR) is 119 cm³/mol. The topological polar surface area (TPSA) is 63.4 Å². The predicted octanol–water partition coefficient (Wildman–Crippen LogP) is 5.66. The van der Waals surface area contributed by atoms with Crippen molar-refractivity contribution in [2.24, 2.45) is 0 Å². The van der Waals surface area contributed by atoms with Gasteiger partial charge in [-0.2, -0.15) is 0 Å². The molecule has 0 saturated carbocycles. The minimum atomic E-state index is -0.658. The van der Waals surface area contributed by atoms with Crippen molar-refractivity contribution in [3.05, 3.63) is 103 Å². The first-order valence-corrected chi connectivity index (χ1v) is 10.4. The second-order valence-corrected chi connectivity index (χ2v) is 8.43. The second-order valence-electron chi connectivity index (χ2n) is 7.08. The van der Waals surface area contributed by atoms with E-state index < -0.39 is 11.9 Å². The van der Waals surface area contributed by atoms with Gasteiger partial charge in [0.05, 0.1) is 17.0 Å². The van der Waals surface area contributed by atoms with Crippen molar-refractivity contribution < 1.29 is 9.21 Å². The van der Waals surface area contributed by atoms with Crippen LogP contribution in [0.5, 0.6) is 0 Å². The highest BCUT2D eigenvalue weighted by atomic mass is 79.9. The van der Waals surface area contributed by atoms with E-state index in [4.69, 9.17) is 16.0 Å². The molecule has 4 aromatic rings. The molecule has 5 rings (SSSR count). The first-order chi connectivity index (χ1) is 14.4. The van der Waals surface area contributed by atoms with Crippen LogP contribution in [0.4, 0.5) is 5.82 Å². The van der Waals surface area contributed by atoms with Crippen molar-refractivity contribution in [2.45, 2.75) is 13.0 Å². The number of halogens is 2. The summed E-state index contributed by atoms with van der Waals surface area (Å²) in [6, 6.07) is 17.1. The Labute approximate surface area is 185 Å². The SMILES string of the molecule is Cc1cccc(N2C(=O)c3oc4ccc(Cl)cc4c(=O)c3[C@@H]2c2ccc(Br)cc2)n1. The number of pyridine rings is 1. The number of hydrogen-bond acceptors (Lipinski definition) is 4. The Morgan fingerprint density at radius 3 is 2.57 bits per heavy atom. The van der Waals surface area contributed by atoms with E-state index in [1.165, 1.54) is 4.90 Å². The summed E-state index contributed by atoms with van der Waals surface area (Å²) in [5, 5.41) is 0.770. The molecule has 0 N–H and O–H groups in total. The largest absolute Gasteiger partial charge is 0.450 e. The molecule has 7 heteroatoms. The fourth-order valence-electron chi connectivity index (χ4n) is 3.80. The Kier molecular flexibility index (Phi) is 4.49. The Morgan fingerprint density at radius 1 is 1.07 bits per heavy atom. The Balaban J connectivity index is 1.83. The number of amides is 1. The Morgan fingerprint density at radius 2 is 1.83 bits per heavy atom. The van der Waals surface area contributed by atoms with Crippen molar-refractivity contribution in [2.75, 3.05) is 4.90 Å². The number of anilines is 1. The number of fused-ring (bicyclic) bond motifs is 2. The van der Waals surface area contributed by atoms with E-state index in [0.29, 0.717) is 27.4 Å². The Bertz CT molecular complexity index is 1380. The van der Waals surface area contributed by atoms with Crippen molar-refractivity contribution in [1.82, 2.24) is 4.98 Å². The monoisotopic (exact) mass is 480 g/mol. The molecule has 30 heavy (non-hydrogen) atoms. The van der Waals surface area contributed by atoms with Crippen LogP contribution in [-0.4, -0.2) is 10.9 Å². The number of aryl methyl sites for hydroxylation is 1. The molecule has 0 fully saturated rings. The summed E-state index contributed by atoms with van der Waals surface area (Å²) in [6.45, 7) is 1.85. The zero-order valence-electron chi connectivity index (χ0n) is 15.7. The molecule has 0 radical (unpaired) electrons. The zero-order chi connectivity index (χ0) is 21.0. The van der Waals surface area contributed by atoms with Crippen LogP contribution in [0.25, 0.3) is 11.0 Å². The van der Waals surface area contributed by atoms with Gasteiger partial charge in [-0.1, -0.05) is 45.7 Å². The van der Waals surface area contributed by atoms with Crippen LogP contribution in [0.3, 0.4) is 0 Å². The van der Waals surface area contributed by atoms with E-state index in [-0.39, 0.29) is 11.2 Å². The zero-order valence-corrected chi connectivity index (χ0v) is 18.1.